The number of benzene rings is 1. The number of anilines is 1. The molecular weight excluding hydrogens is 518 g/mol. The maximum absolute atomic E-state index is 13.9. The van der Waals surface area contributed by atoms with Crippen LogP contribution in [0.15, 0.2) is 42.7 Å². The first-order chi connectivity index (χ1) is 19.4. The Morgan fingerprint density at radius 2 is 1.82 bits per heavy atom. The number of amides is 1. The third kappa shape index (κ3) is 6.31. The Balaban J connectivity index is 1.18. The summed E-state index contributed by atoms with van der Waals surface area (Å²) in [6.45, 7) is 4.16. The van der Waals surface area contributed by atoms with Crippen molar-refractivity contribution in [1.82, 2.24) is 25.2 Å². The van der Waals surface area contributed by atoms with Crippen LogP contribution < -0.4 is 15.0 Å². The summed E-state index contributed by atoms with van der Waals surface area (Å²) in [6.07, 6.45) is 5.24. The van der Waals surface area contributed by atoms with E-state index < -0.39 is 5.92 Å². The van der Waals surface area contributed by atoms with Gasteiger partial charge in [-0.2, -0.15) is 0 Å². The molecule has 4 heterocycles. The Hall–Kier alpha value is -3.44. The predicted octanol–water partition coefficient (Wildman–Crippen LogP) is 3.85. The van der Waals surface area contributed by atoms with E-state index in [9.17, 15) is 13.6 Å². The molecule has 0 bridgehead atoms. The Morgan fingerprint density at radius 1 is 1.07 bits per heavy atom. The number of ether oxygens (including phenoxy) is 2. The average Bonchev–Trinajstić information content (AvgIpc) is 3.82. The summed E-state index contributed by atoms with van der Waals surface area (Å²) in [6, 6.07) is 9.33. The zero-order valence-corrected chi connectivity index (χ0v) is 22.4. The minimum Gasteiger partial charge on any atom is -0.463 e. The lowest BCUT2D eigenvalue weighted by Crippen LogP contribution is -2.45. The number of carbonyl (C=O) groups is 1. The molecule has 2 aromatic heterocycles. The molecule has 2 aliphatic heterocycles. The Labute approximate surface area is 231 Å². The van der Waals surface area contributed by atoms with Crippen LogP contribution in [-0.2, 0) is 4.74 Å². The van der Waals surface area contributed by atoms with Crippen molar-refractivity contribution >= 4 is 22.6 Å². The van der Waals surface area contributed by atoms with E-state index in [-0.39, 0.29) is 44.4 Å². The highest BCUT2D eigenvalue weighted by molar-refractivity contribution is 6.06. The van der Waals surface area contributed by atoms with Crippen LogP contribution in [0.1, 0.15) is 47.6 Å². The summed E-state index contributed by atoms with van der Waals surface area (Å²) in [5, 5.41) is 3.80. The fourth-order valence-electron chi connectivity index (χ4n) is 5.27. The number of nitrogens with zero attached hydrogens (tertiary/aromatic N) is 5. The van der Waals surface area contributed by atoms with Gasteiger partial charge in [-0.05, 0) is 43.0 Å². The maximum Gasteiger partial charge on any atom is 0.316 e. The fourth-order valence-corrected chi connectivity index (χ4v) is 5.27. The van der Waals surface area contributed by atoms with Crippen molar-refractivity contribution < 1.29 is 23.0 Å². The molecule has 212 valence electrons. The normalized spacial score (nSPS) is 20.3. The number of hydrogen-bond donors (Lipinski definition) is 1. The number of piperidine rings is 1. The number of aromatic nitrogens is 3. The van der Waals surface area contributed by atoms with E-state index in [1.165, 1.54) is 12.8 Å². The number of hydrogen-bond acceptors (Lipinski definition) is 8. The second-order valence-corrected chi connectivity index (χ2v) is 10.8. The molecule has 1 aromatic carbocycles. The van der Waals surface area contributed by atoms with Gasteiger partial charge in [-0.15, -0.1) is 0 Å². The van der Waals surface area contributed by atoms with Crippen LogP contribution in [-0.4, -0.2) is 84.2 Å². The summed E-state index contributed by atoms with van der Waals surface area (Å²) in [7, 11) is 0. The van der Waals surface area contributed by atoms with Crippen molar-refractivity contribution in [3.63, 3.8) is 0 Å². The van der Waals surface area contributed by atoms with Crippen LogP contribution in [0.3, 0.4) is 0 Å². The number of alkyl halides is 2. The average molecular weight is 553 g/mol. The Morgan fingerprint density at radius 3 is 2.55 bits per heavy atom. The summed E-state index contributed by atoms with van der Waals surface area (Å²) in [4.78, 5) is 31.1. The molecule has 1 unspecified atom stereocenters. The van der Waals surface area contributed by atoms with Gasteiger partial charge in [0.05, 0.1) is 31.4 Å². The van der Waals surface area contributed by atoms with Gasteiger partial charge in [-0.3, -0.25) is 9.69 Å². The highest BCUT2D eigenvalue weighted by atomic mass is 19.3. The molecule has 0 spiro atoms. The molecule has 3 aliphatic rings. The molecule has 1 amide bonds. The molecule has 6 rings (SSSR count). The van der Waals surface area contributed by atoms with Crippen LogP contribution in [0, 0.1) is 5.92 Å². The van der Waals surface area contributed by atoms with Crippen molar-refractivity contribution in [1.29, 1.82) is 0 Å². The van der Waals surface area contributed by atoms with Crippen LogP contribution in [0.2, 0.25) is 0 Å². The number of halogens is 2. The van der Waals surface area contributed by atoms with Crippen LogP contribution >= 0.6 is 0 Å². The van der Waals surface area contributed by atoms with Gasteiger partial charge < -0.3 is 19.7 Å². The van der Waals surface area contributed by atoms with Gasteiger partial charge in [-0.25, -0.2) is 23.7 Å². The van der Waals surface area contributed by atoms with Crippen LogP contribution in [0.25, 0.3) is 10.9 Å². The third-order valence-electron chi connectivity index (χ3n) is 7.90. The number of likely N-dealkylation sites (tertiary alicyclic amines) is 1. The zero-order chi connectivity index (χ0) is 27.5. The monoisotopic (exact) mass is 552 g/mol. The molecule has 1 saturated carbocycles. The lowest BCUT2D eigenvalue weighted by atomic mass is 10.0. The van der Waals surface area contributed by atoms with Gasteiger partial charge in [0.2, 0.25) is 0 Å². The van der Waals surface area contributed by atoms with E-state index in [1.807, 2.05) is 29.2 Å². The van der Waals surface area contributed by atoms with E-state index in [2.05, 4.69) is 20.2 Å². The molecule has 1 N–H and O–H groups in total. The van der Waals surface area contributed by atoms with Crippen LogP contribution in [0.4, 0.5) is 14.6 Å². The van der Waals surface area contributed by atoms with Gasteiger partial charge in [0.1, 0.15) is 5.82 Å². The minimum atomic E-state index is -2.67. The molecule has 3 fully saturated rings. The van der Waals surface area contributed by atoms with Crippen molar-refractivity contribution in [3.05, 3.63) is 53.9 Å². The van der Waals surface area contributed by atoms with Gasteiger partial charge in [0, 0.05) is 74.5 Å². The SMILES string of the molecule is O=C(NCC(c1cnc(OCC2CC2)nc1)N1CCC(F)(F)CC1)c1cccc2nc(N3CCOCC3)ccc12. The smallest absolute Gasteiger partial charge is 0.316 e. The molecular formula is C29H34F2N6O3. The first kappa shape index (κ1) is 26.8. The predicted molar refractivity (Wildman–Crippen MR) is 146 cm³/mol. The van der Waals surface area contributed by atoms with E-state index >= 15 is 0 Å². The van der Waals surface area contributed by atoms with Gasteiger partial charge in [-0.1, -0.05) is 6.07 Å². The van der Waals surface area contributed by atoms with Crippen LogP contribution in [0.5, 0.6) is 6.01 Å². The number of fused-ring (bicyclic) bond motifs is 1. The summed E-state index contributed by atoms with van der Waals surface area (Å²) in [5.41, 5.74) is 2.00. The van der Waals surface area contributed by atoms with Crippen molar-refractivity contribution in [2.45, 2.75) is 37.6 Å². The van der Waals surface area contributed by atoms with Gasteiger partial charge in [0.25, 0.3) is 11.8 Å². The third-order valence-corrected chi connectivity index (χ3v) is 7.90. The Kier molecular flexibility index (Phi) is 7.75. The largest absolute Gasteiger partial charge is 0.463 e. The van der Waals surface area contributed by atoms with E-state index in [0.717, 1.165) is 35.4 Å². The molecule has 3 aromatic rings. The maximum atomic E-state index is 13.9. The number of rotatable bonds is 9. The van der Waals surface area contributed by atoms with Gasteiger partial charge >= 0.3 is 6.01 Å². The Bertz CT molecular complexity index is 1320. The molecule has 11 heteroatoms. The second-order valence-electron chi connectivity index (χ2n) is 10.8. The van der Waals surface area contributed by atoms with Crippen molar-refractivity contribution in [2.24, 2.45) is 5.92 Å². The highest BCUT2D eigenvalue weighted by Gasteiger charge is 2.37. The lowest BCUT2D eigenvalue weighted by Gasteiger charge is -2.37. The number of carbonyl (C=O) groups excluding carboxylic acids is 1. The quantitative estimate of drug-likeness (QED) is 0.428. The van der Waals surface area contributed by atoms with Crippen molar-refractivity contribution in [3.8, 4) is 6.01 Å². The van der Waals surface area contributed by atoms with E-state index in [4.69, 9.17) is 14.5 Å². The number of pyridine rings is 1. The summed E-state index contributed by atoms with van der Waals surface area (Å²) in [5.74, 6) is -1.47. The lowest BCUT2D eigenvalue weighted by molar-refractivity contribution is -0.0632. The van der Waals surface area contributed by atoms with Crippen molar-refractivity contribution in [2.75, 3.05) is 57.4 Å². The molecule has 9 nitrogen and oxygen atoms in total. The first-order valence-corrected chi connectivity index (χ1v) is 14.0. The first-order valence-electron chi connectivity index (χ1n) is 14.0. The topological polar surface area (TPSA) is 92.7 Å². The minimum absolute atomic E-state index is 0.218. The van der Waals surface area contributed by atoms with E-state index in [1.54, 1.807) is 18.5 Å². The molecule has 0 radical (unpaired) electrons. The van der Waals surface area contributed by atoms with E-state index in [0.29, 0.717) is 37.3 Å². The standard InChI is InChI=1S/C29H34F2N6O3/c30-29(31)8-10-36(11-9-29)25(21-16-33-28(34-17-21)40-19-20-4-5-20)18-32-27(38)23-2-1-3-24-22(23)6-7-26(35-24)37-12-14-39-15-13-37/h1-3,6-7,16-17,20,25H,4-5,8-15,18-19H2,(H,32,38). The fraction of sp³-hybridized carbons (Fsp3) is 0.517. The molecule has 1 aliphatic carbocycles. The zero-order valence-electron chi connectivity index (χ0n) is 22.4. The number of nitrogens with one attached hydrogen (secondary N) is 1. The molecule has 40 heavy (non-hydrogen) atoms. The summed E-state index contributed by atoms with van der Waals surface area (Å²) < 4.78 is 39.0. The molecule has 1 atom stereocenters. The van der Waals surface area contributed by atoms with Gasteiger partial charge in [0.15, 0.2) is 0 Å². The second kappa shape index (κ2) is 11.6. The summed E-state index contributed by atoms with van der Waals surface area (Å²) >= 11 is 0. The molecule has 2 saturated heterocycles. The highest BCUT2D eigenvalue weighted by Crippen LogP contribution is 2.33. The number of morpholine rings is 1.